The van der Waals surface area contributed by atoms with Crippen molar-refractivity contribution in [3.8, 4) is 0 Å². The van der Waals surface area contributed by atoms with E-state index in [1.54, 1.807) is 7.05 Å². The largest absolute Gasteiger partial charge is 0.378 e. The van der Waals surface area contributed by atoms with Crippen LogP contribution in [0.3, 0.4) is 0 Å². The zero-order valence-corrected chi connectivity index (χ0v) is 10.2. The molecule has 1 fully saturated rings. The highest BCUT2D eigenvalue weighted by Gasteiger charge is 2.33. The number of rotatable bonds is 2. The molecule has 0 aromatic heterocycles. The maximum absolute atomic E-state index is 11.4. The molecule has 2 N–H and O–H groups in total. The summed E-state index contributed by atoms with van der Waals surface area (Å²) in [5, 5.41) is 10.3. The average molecular weight is 232 g/mol. The van der Waals surface area contributed by atoms with E-state index in [-0.39, 0.29) is 17.9 Å². The van der Waals surface area contributed by atoms with Gasteiger partial charge in [-0.05, 0) is 17.7 Å². The number of benzene rings is 1. The lowest BCUT2D eigenvalue weighted by molar-refractivity contribution is 0.217. The second-order valence-corrected chi connectivity index (χ2v) is 4.34. The predicted octanol–water partition coefficient (Wildman–Crippen LogP) is 1.43. The van der Waals surface area contributed by atoms with Crippen LogP contribution < -0.4 is 10.2 Å². The third-order valence-electron chi connectivity index (χ3n) is 2.95. The van der Waals surface area contributed by atoms with Gasteiger partial charge in [0, 0.05) is 26.8 Å². The molecule has 2 amide bonds. The van der Waals surface area contributed by atoms with E-state index in [2.05, 4.69) is 5.32 Å². The number of anilines is 1. The molecule has 1 unspecified atom stereocenters. The third-order valence-corrected chi connectivity index (χ3v) is 2.95. The Morgan fingerprint density at radius 1 is 1.29 bits per heavy atom. The molecule has 90 valence electrons. The number of amidine groups is 1. The Bertz CT molecular complexity index is 452. The van der Waals surface area contributed by atoms with Gasteiger partial charge in [-0.3, -0.25) is 10.7 Å². The summed E-state index contributed by atoms with van der Waals surface area (Å²) < 4.78 is 0. The van der Waals surface area contributed by atoms with E-state index in [1.807, 2.05) is 43.3 Å². The van der Waals surface area contributed by atoms with Gasteiger partial charge in [-0.1, -0.05) is 12.1 Å². The number of carbonyl (C=O) groups is 1. The van der Waals surface area contributed by atoms with Gasteiger partial charge in [0.1, 0.15) is 11.9 Å². The molecule has 0 bridgehead atoms. The monoisotopic (exact) mass is 232 g/mol. The Labute approximate surface area is 101 Å². The minimum Gasteiger partial charge on any atom is -0.378 e. The third kappa shape index (κ3) is 1.95. The van der Waals surface area contributed by atoms with Crippen molar-refractivity contribution in [3.63, 3.8) is 0 Å². The van der Waals surface area contributed by atoms with Gasteiger partial charge in [0.2, 0.25) is 0 Å². The molecular formula is C12H16N4O. The summed E-state index contributed by atoms with van der Waals surface area (Å²) >= 11 is 0. The number of likely N-dealkylation sites (N-methyl/N-ethyl adjacent to an activating group) is 1. The van der Waals surface area contributed by atoms with Crippen LogP contribution in [0.25, 0.3) is 0 Å². The van der Waals surface area contributed by atoms with E-state index < -0.39 is 0 Å². The van der Waals surface area contributed by atoms with Crippen molar-refractivity contribution in [1.29, 1.82) is 5.41 Å². The first-order valence-electron chi connectivity index (χ1n) is 5.40. The normalized spacial score (nSPS) is 19.5. The van der Waals surface area contributed by atoms with Crippen molar-refractivity contribution in [2.45, 2.75) is 6.04 Å². The van der Waals surface area contributed by atoms with Crippen LogP contribution in [-0.4, -0.2) is 37.9 Å². The Balaban J connectivity index is 2.28. The highest BCUT2D eigenvalue weighted by atomic mass is 16.2. The molecule has 0 aliphatic carbocycles. The van der Waals surface area contributed by atoms with Crippen LogP contribution in [-0.2, 0) is 0 Å². The molecule has 1 saturated heterocycles. The van der Waals surface area contributed by atoms with Crippen molar-refractivity contribution in [3.05, 3.63) is 29.8 Å². The molecule has 5 heteroatoms. The van der Waals surface area contributed by atoms with Crippen LogP contribution in [0, 0.1) is 5.41 Å². The Morgan fingerprint density at radius 3 is 2.29 bits per heavy atom. The number of hydrogen-bond acceptors (Lipinski definition) is 3. The number of carbonyl (C=O) groups excluding carboxylic acids is 1. The van der Waals surface area contributed by atoms with Gasteiger partial charge < -0.3 is 9.80 Å². The Hall–Kier alpha value is -2.04. The molecular weight excluding hydrogens is 216 g/mol. The lowest BCUT2D eigenvalue weighted by Crippen LogP contribution is -2.25. The summed E-state index contributed by atoms with van der Waals surface area (Å²) in [4.78, 5) is 15.0. The molecule has 1 aromatic rings. The molecule has 1 aliphatic heterocycles. The van der Waals surface area contributed by atoms with Gasteiger partial charge in [-0.25, -0.2) is 4.79 Å². The first-order valence-corrected chi connectivity index (χ1v) is 5.40. The van der Waals surface area contributed by atoms with Gasteiger partial charge >= 0.3 is 6.03 Å². The quantitative estimate of drug-likeness (QED) is 0.810. The summed E-state index contributed by atoms with van der Waals surface area (Å²) in [6.07, 6.45) is 0. The zero-order valence-electron chi connectivity index (χ0n) is 10.2. The van der Waals surface area contributed by atoms with Gasteiger partial charge in [0.15, 0.2) is 0 Å². The first kappa shape index (κ1) is 11.4. The van der Waals surface area contributed by atoms with E-state index in [0.717, 1.165) is 11.3 Å². The molecule has 1 heterocycles. The van der Waals surface area contributed by atoms with E-state index in [4.69, 9.17) is 5.41 Å². The SMILES string of the molecule is CN(C)c1ccc(C2C(=N)NC(=O)N2C)cc1. The average Bonchev–Trinajstić information content (AvgIpc) is 2.53. The molecule has 5 nitrogen and oxygen atoms in total. The van der Waals surface area contributed by atoms with Crippen LogP contribution in [0.2, 0.25) is 0 Å². The second kappa shape index (κ2) is 4.08. The van der Waals surface area contributed by atoms with Crippen molar-refractivity contribution in [1.82, 2.24) is 10.2 Å². The number of hydrogen-bond donors (Lipinski definition) is 2. The van der Waals surface area contributed by atoms with Crippen LogP contribution in [0.5, 0.6) is 0 Å². The smallest absolute Gasteiger partial charge is 0.323 e. The predicted molar refractivity (Wildman–Crippen MR) is 67.5 cm³/mol. The van der Waals surface area contributed by atoms with Gasteiger partial charge in [-0.15, -0.1) is 0 Å². The maximum Gasteiger partial charge on any atom is 0.323 e. The lowest BCUT2D eigenvalue weighted by atomic mass is 10.1. The molecule has 17 heavy (non-hydrogen) atoms. The zero-order chi connectivity index (χ0) is 12.6. The van der Waals surface area contributed by atoms with Crippen LogP contribution >= 0.6 is 0 Å². The molecule has 1 aliphatic rings. The summed E-state index contributed by atoms with van der Waals surface area (Å²) in [7, 11) is 5.65. The molecule has 0 radical (unpaired) electrons. The van der Waals surface area contributed by atoms with E-state index in [9.17, 15) is 4.79 Å². The van der Waals surface area contributed by atoms with E-state index in [0.29, 0.717) is 0 Å². The molecule has 1 atom stereocenters. The topological polar surface area (TPSA) is 59.4 Å². The van der Waals surface area contributed by atoms with Gasteiger partial charge in [0.25, 0.3) is 0 Å². The molecule has 0 saturated carbocycles. The maximum atomic E-state index is 11.4. The fourth-order valence-corrected chi connectivity index (χ4v) is 1.93. The first-order chi connectivity index (χ1) is 8.00. The number of urea groups is 1. The van der Waals surface area contributed by atoms with E-state index in [1.165, 1.54) is 4.90 Å². The standard InChI is InChI=1S/C12H16N4O/c1-15(2)9-6-4-8(5-7-9)10-11(13)14-12(17)16(10)3/h4-7,10H,1-3H3,(H2,13,14,17). The van der Waals surface area contributed by atoms with Gasteiger partial charge in [-0.2, -0.15) is 0 Å². The highest BCUT2D eigenvalue weighted by molar-refractivity contribution is 6.05. The molecule has 2 rings (SSSR count). The minimum atomic E-state index is -0.293. The molecule has 0 spiro atoms. The number of amides is 2. The summed E-state index contributed by atoms with van der Waals surface area (Å²) in [5.74, 6) is 0.232. The van der Waals surface area contributed by atoms with Gasteiger partial charge in [0.05, 0.1) is 0 Å². The Kier molecular flexibility index (Phi) is 2.75. The fraction of sp³-hybridized carbons (Fsp3) is 0.333. The fourth-order valence-electron chi connectivity index (χ4n) is 1.93. The van der Waals surface area contributed by atoms with E-state index >= 15 is 0 Å². The van der Waals surface area contributed by atoms with Crippen molar-refractivity contribution >= 4 is 17.6 Å². The van der Waals surface area contributed by atoms with Crippen molar-refractivity contribution in [2.75, 3.05) is 26.0 Å². The summed E-state index contributed by atoms with van der Waals surface area (Å²) in [5.41, 5.74) is 2.04. The Morgan fingerprint density at radius 2 is 1.88 bits per heavy atom. The van der Waals surface area contributed by atoms with Crippen LogP contribution in [0.15, 0.2) is 24.3 Å². The minimum absolute atomic E-state index is 0.225. The van der Waals surface area contributed by atoms with Crippen LogP contribution in [0.4, 0.5) is 10.5 Å². The summed E-state index contributed by atoms with van der Waals surface area (Å²) in [6, 6.07) is 7.35. The number of nitrogens with one attached hydrogen (secondary N) is 2. The number of nitrogens with zero attached hydrogens (tertiary/aromatic N) is 2. The van der Waals surface area contributed by atoms with Crippen molar-refractivity contribution < 1.29 is 4.79 Å². The highest BCUT2D eigenvalue weighted by Crippen LogP contribution is 2.25. The second-order valence-electron chi connectivity index (χ2n) is 4.34. The van der Waals surface area contributed by atoms with Crippen molar-refractivity contribution in [2.24, 2.45) is 0 Å². The summed E-state index contributed by atoms with van der Waals surface area (Å²) in [6.45, 7) is 0. The van der Waals surface area contributed by atoms with Crippen LogP contribution in [0.1, 0.15) is 11.6 Å². The lowest BCUT2D eigenvalue weighted by Gasteiger charge is -2.19. The molecule has 1 aromatic carbocycles.